The fraction of sp³-hybridized carbons (Fsp3) is 0.588. The van der Waals surface area contributed by atoms with E-state index in [9.17, 15) is 18.0 Å². The first-order valence-corrected chi connectivity index (χ1v) is 7.95. The van der Waals surface area contributed by atoms with Crippen LogP contribution in [0.1, 0.15) is 51.4 Å². The summed E-state index contributed by atoms with van der Waals surface area (Å²) < 4.78 is 38.4. The van der Waals surface area contributed by atoms with E-state index in [0.29, 0.717) is 11.5 Å². The number of ether oxygens (including phenoxy) is 1. The van der Waals surface area contributed by atoms with Crippen molar-refractivity contribution in [2.45, 2.75) is 57.7 Å². The van der Waals surface area contributed by atoms with Crippen LogP contribution < -0.4 is 10.5 Å². The highest BCUT2D eigenvalue weighted by Gasteiger charge is 2.41. The summed E-state index contributed by atoms with van der Waals surface area (Å²) in [5.74, 6) is 0.314. The minimum absolute atomic E-state index is 0.193. The van der Waals surface area contributed by atoms with Crippen LogP contribution >= 0.6 is 0 Å². The van der Waals surface area contributed by atoms with Crippen molar-refractivity contribution in [3.8, 4) is 5.75 Å². The molecule has 0 bridgehead atoms. The van der Waals surface area contributed by atoms with Crippen molar-refractivity contribution in [1.82, 2.24) is 0 Å². The van der Waals surface area contributed by atoms with Gasteiger partial charge in [-0.2, -0.15) is 0 Å². The minimum Gasteiger partial charge on any atom is -0.406 e. The summed E-state index contributed by atoms with van der Waals surface area (Å²) in [4.78, 5) is 11.6. The number of hydrogen-bond acceptors (Lipinski definition) is 3. The number of ketones is 1. The summed E-state index contributed by atoms with van der Waals surface area (Å²) in [6.07, 6.45) is 4.95. The zero-order chi connectivity index (χ0) is 16.9. The smallest absolute Gasteiger partial charge is 0.406 e. The number of carbonyl (C=O) groups excluding carboxylic acids is 1. The lowest BCUT2D eigenvalue weighted by Crippen LogP contribution is -2.28. The Morgan fingerprint density at radius 1 is 0.957 bits per heavy atom. The number of hydrogen-bond donors (Lipinski definition) is 1. The molecule has 3 rings (SSSR count). The minimum atomic E-state index is -4.64. The summed E-state index contributed by atoms with van der Waals surface area (Å²) in [6.45, 7) is 0. The van der Waals surface area contributed by atoms with E-state index in [1.165, 1.54) is 57.1 Å². The Labute approximate surface area is 134 Å². The monoisotopic (exact) mass is 329 g/mol. The molecule has 2 aliphatic rings. The SMILES string of the molecule is Nc1ccc(OC(F)(F)F)cc1.O=C1CCCC12CCCCC2. The van der Waals surface area contributed by atoms with Crippen molar-refractivity contribution in [2.24, 2.45) is 5.41 Å². The maximum Gasteiger partial charge on any atom is 0.573 e. The molecule has 0 amide bonds. The average Bonchev–Trinajstić information content (AvgIpc) is 2.82. The highest BCUT2D eigenvalue weighted by atomic mass is 19.4. The number of nitrogens with two attached hydrogens (primary N) is 1. The predicted octanol–water partition coefficient (Wildman–Crippen LogP) is 4.86. The van der Waals surface area contributed by atoms with Crippen LogP contribution in [0, 0.1) is 5.41 Å². The standard InChI is InChI=1S/C10H16O.C7H6F3NO/c11-9-5-4-8-10(9)6-2-1-3-7-10;8-7(9,10)12-6-3-1-5(11)2-4-6/h1-8H2;1-4H,11H2. The lowest BCUT2D eigenvalue weighted by Gasteiger charge is -2.31. The summed E-state index contributed by atoms with van der Waals surface area (Å²) in [5.41, 5.74) is 5.84. The van der Waals surface area contributed by atoms with E-state index in [1.54, 1.807) is 0 Å². The average molecular weight is 329 g/mol. The molecule has 0 heterocycles. The number of benzene rings is 1. The van der Waals surface area contributed by atoms with Gasteiger partial charge < -0.3 is 10.5 Å². The van der Waals surface area contributed by atoms with Crippen molar-refractivity contribution < 1.29 is 22.7 Å². The highest BCUT2D eigenvalue weighted by Crippen LogP contribution is 2.46. The van der Waals surface area contributed by atoms with Gasteiger partial charge in [-0.15, -0.1) is 13.2 Å². The van der Waals surface area contributed by atoms with Gasteiger partial charge in [0, 0.05) is 17.5 Å². The molecular weight excluding hydrogens is 307 g/mol. The van der Waals surface area contributed by atoms with E-state index in [4.69, 9.17) is 5.73 Å². The maximum atomic E-state index is 11.6. The molecule has 2 aliphatic carbocycles. The molecule has 1 aromatic carbocycles. The third-order valence-corrected chi connectivity index (χ3v) is 4.58. The molecule has 0 unspecified atom stereocenters. The summed E-state index contributed by atoms with van der Waals surface area (Å²) in [7, 11) is 0. The number of Topliss-reactive ketones (excluding diaryl/α,β-unsaturated/α-hetero) is 1. The Hall–Kier alpha value is -1.72. The number of anilines is 1. The zero-order valence-corrected chi connectivity index (χ0v) is 13.0. The van der Waals surface area contributed by atoms with Gasteiger partial charge in [0.1, 0.15) is 11.5 Å². The van der Waals surface area contributed by atoms with Gasteiger partial charge in [0.2, 0.25) is 0 Å². The van der Waals surface area contributed by atoms with Crippen molar-refractivity contribution in [2.75, 3.05) is 5.73 Å². The lowest BCUT2D eigenvalue weighted by molar-refractivity contribution is -0.274. The second-order valence-corrected chi connectivity index (χ2v) is 6.23. The van der Waals surface area contributed by atoms with Gasteiger partial charge in [0.05, 0.1) is 0 Å². The molecule has 23 heavy (non-hydrogen) atoms. The van der Waals surface area contributed by atoms with E-state index >= 15 is 0 Å². The summed E-state index contributed by atoms with van der Waals surface area (Å²) in [5, 5.41) is 0. The van der Waals surface area contributed by atoms with Crippen LogP contribution in [0.25, 0.3) is 0 Å². The molecular formula is C17H22F3NO2. The molecule has 3 nitrogen and oxygen atoms in total. The van der Waals surface area contributed by atoms with Crippen LogP contribution in [0.5, 0.6) is 5.75 Å². The first-order chi connectivity index (χ1) is 10.8. The fourth-order valence-corrected chi connectivity index (χ4v) is 3.42. The van der Waals surface area contributed by atoms with Crippen LogP contribution in [0.2, 0.25) is 0 Å². The number of nitrogen functional groups attached to an aromatic ring is 1. The third-order valence-electron chi connectivity index (χ3n) is 4.58. The van der Waals surface area contributed by atoms with Crippen LogP contribution in [0.4, 0.5) is 18.9 Å². The van der Waals surface area contributed by atoms with Gasteiger partial charge in [-0.1, -0.05) is 19.3 Å². The van der Waals surface area contributed by atoms with Crippen LogP contribution in [-0.2, 0) is 4.79 Å². The van der Waals surface area contributed by atoms with Crippen LogP contribution in [0.15, 0.2) is 24.3 Å². The van der Waals surface area contributed by atoms with Gasteiger partial charge in [-0.3, -0.25) is 4.79 Å². The molecule has 2 saturated carbocycles. The van der Waals surface area contributed by atoms with E-state index in [-0.39, 0.29) is 11.2 Å². The molecule has 0 aromatic heterocycles. The third kappa shape index (κ3) is 5.15. The Balaban J connectivity index is 0.000000167. The van der Waals surface area contributed by atoms with Crippen molar-refractivity contribution in [1.29, 1.82) is 0 Å². The van der Waals surface area contributed by atoms with Gasteiger partial charge in [0.15, 0.2) is 0 Å². The predicted molar refractivity (Wildman–Crippen MR) is 81.9 cm³/mol. The molecule has 1 spiro atoms. The normalized spacial score (nSPS) is 20.0. The van der Waals surface area contributed by atoms with Gasteiger partial charge in [0.25, 0.3) is 0 Å². The van der Waals surface area contributed by atoms with E-state index in [0.717, 1.165) is 18.6 Å². The van der Waals surface area contributed by atoms with Crippen LogP contribution in [-0.4, -0.2) is 12.1 Å². The molecule has 0 radical (unpaired) electrons. The van der Waals surface area contributed by atoms with Crippen molar-refractivity contribution >= 4 is 11.5 Å². The Kier molecular flexibility index (Phi) is 5.55. The molecule has 2 N–H and O–H groups in total. The first-order valence-electron chi connectivity index (χ1n) is 7.95. The number of alkyl halides is 3. The Morgan fingerprint density at radius 3 is 2.00 bits per heavy atom. The second kappa shape index (κ2) is 7.23. The summed E-state index contributed by atoms with van der Waals surface area (Å²) >= 11 is 0. The van der Waals surface area contributed by atoms with E-state index in [1.807, 2.05) is 0 Å². The van der Waals surface area contributed by atoms with Crippen molar-refractivity contribution in [3.05, 3.63) is 24.3 Å². The van der Waals surface area contributed by atoms with Gasteiger partial charge >= 0.3 is 6.36 Å². The quantitative estimate of drug-likeness (QED) is 0.749. The lowest BCUT2D eigenvalue weighted by atomic mass is 9.72. The summed E-state index contributed by atoms with van der Waals surface area (Å²) in [6, 6.07) is 4.98. The zero-order valence-electron chi connectivity index (χ0n) is 13.0. The fourth-order valence-electron chi connectivity index (χ4n) is 3.42. The molecule has 1 aromatic rings. The molecule has 0 atom stereocenters. The molecule has 128 valence electrons. The second-order valence-electron chi connectivity index (χ2n) is 6.23. The molecule has 6 heteroatoms. The van der Waals surface area contributed by atoms with Crippen LogP contribution in [0.3, 0.4) is 0 Å². The highest BCUT2D eigenvalue weighted by molar-refractivity contribution is 5.86. The largest absolute Gasteiger partial charge is 0.573 e. The maximum absolute atomic E-state index is 11.6. The van der Waals surface area contributed by atoms with E-state index < -0.39 is 6.36 Å². The number of rotatable bonds is 1. The molecule has 2 fully saturated rings. The topological polar surface area (TPSA) is 52.3 Å². The molecule has 0 aliphatic heterocycles. The number of halogens is 3. The van der Waals surface area contributed by atoms with Gasteiger partial charge in [-0.25, -0.2) is 0 Å². The first kappa shape index (κ1) is 17.6. The number of carbonyl (C=O) groups is 1. The Bertz CT molecular complexity index is 520. The Morgan fingerprint density at radius 2 is 1.52 bits per heavy atom. The van der Waals surface area contributed by atoms with Gasteiger partial charge in [-0.05, 0) is 49.9 Å². The van der Waals surface area contributed by atoms with Crippen molar-refractivity contribution in [3.63, 3.8) is 0 Å². The van der Waals surface area contributed by atoms with E-state index in [2.05, 4.69) is 4.74 Å². The molecule has 0 saturated heterocycles.